The van der Waals surface area contributed by atoms with Gasteiger partial charge in [0.2, 0.25) is 0 Å². The Morgan fingerprint density at radius 1 is 0.500 bits per heavy atom. The zero-order valence-corrected chi connectivity index (χ0v) is 7.61. The van der Waals surface area contributed by atoms with E-state index in [9.17, 15) is 0 Å². The summed E-state index contributed by atoms with van der Waals surface area (Å²) in [5, 5.41) is 0. The minimum Gasteiger partial charge on any atom is -0.114 e. The third-order valence-corrected chi connectivity index (χ3v) is 0. The van der Waals surface area contributed by atoms with Crippen molar-refractivity contribution in [3.8, 4) is 0 Å². The molecule has 35 valence electrons. The van der Waals surface area contributed by atoms with Crippen LogP contribution < -0.4 is 0 Å². The molecular weight excluding hydrogens is 303 g/mol. The molecule has 0 saturated heterocycles. The molecule has 0 atom stereocenters. The molecule has 0 aliphatic carbocycles. The van der Waals surface area contributed by atoms with Gasteiger partial charge in [-0.05, 0) is 0 Å². The van der Waals surface area contributed by atoms with Gasteiger partial charge >= 0.3 is 0 Å². The van der Waals surface area contributed by atoms with Gasteiger partial charge in [0.05, 0.1) is 0 Å². The summed E-state index contributed by atoms with van der Waals surface area (Å²) in [6.07, 6.45) is 0. The van der Waals surface area contributed by atoms with Crippen LogP contribution >= 0.6 is 50.9 Å². The first-order valence-corrected chi connectivity index (χ1v) is 0. The van der Waals surface area contributed by atoms with Crippen LogP contribution in [0.1, 0.15) is 0 Å². The predicted octanol–water partition coefficient (Wildman–Crippen LogP) is 1.73. The smallest absolute Gasteiger partial charge is 0 e. The first-order valence-electron chi connectivity index (χ1n) is 0. The van der Waals surface area contributed by atoms with E-state index in [1.165, 1.54) is 0 Å². The van der Waals surface area contributed by atoms with Gasteiger partial charge < -0.3 is 0 Å². The van der Waals surface area contributed by atoms with Crippen LogP contribution in [0.25, 0.3) is 0 Å². The Morgan fingerprint density at radius 2 is 0.500 bits per heavy atom. The van der Waals surface area contributed by atoms with Gasteiger partial charge in [-0.1, -0.05) is 0 Å². The molecule has 1 radical (unpaired) electrons. The summed E-state index contributed by atoms with van der Waals surface area (Å²) in [6.45, 7) is 0. The molecule has 4 heteroatoms. The third kappa shape index (κ3) is 9.03. The first-order chi connectivity index (χ1) is 0. The Kier molecular flexibility index (Phi) is 193. The molecular formula is H3Br3Cu. The van der Waals surface area contributed by atoms with E-state index in [-0.39, 0.29) is 68.0 Å². The van der Waals surface area contributed by atoms with E-state index in [0.717, 1.165) is 0 Å². The quantitative estimate of drug-likeness (QED) is 0.598. The van der Waals surface area contributed by atoms with E-state index in [4.69, 9.17) is 0 Å². The number of halogens is 3. The Hall–Kier alpha value is 1.96. The van der Waals surface area contributed by atoms with Crippen molar-refractivity contribution in [2.45, 2.75) is 0 Å². The van der Waals surface area contributed by atoms with Crippen LogP contribution in [0, 0.1) is 0 Å². The Bertz CT molecular complexity index is 3.25. The molecule has 0 aromatic heterocycles. The number of hydrogen-bond acceptors (Lipinski definition) is 0. The Balaban J connectivity index is 0. The normalized spacial score (nSPS) is 0. The van der Waals surface area contributed by atoms with Crippen LogP contribution in [0.15, 0.2) is 0 Å². The molecule has 0 rings (SSSR count). The molecule has 0 bridgehead atoms. The van der Waals surface area contributed by atoms with Gasteiger partial charge in [0.15, 0.2) is 0 Å². The topological polar surface area (TPSA) is 0 Å². The molecule has 0 aromatic carbocycles. The van der Waals surface area contributed by atoms with Crippen molar-refractivity contribution in [3.05, 3.63) is 0 Å². The van der Waals surface area contributed by atoms with Crippen molar-refractivity contribution >= 4 is 50.9 Å². The van der Waals surface area contributed by atoms with E-state index >= 15 is 0 Å². The summed E-state index contributed by atoms with van der Waals surface area (Å²) >= 11 is 0. The molecule has 4 heavy (non-hydrogen) atoms. The van der Waals surface area contributed by atoms with E-state index in [1.807, 2.05) is 0 Å². The number of rotatable bonds is 0. The second-order valence-electron chi connectivity index (χ2n) is 0. The van der Waals surface area contributed by atoms with Crippen LogP contribution in [0.5, 0.6) is 0 Å². The van der Waals surface area contributed by atoms with Gasteiger partial charge in [-0.2, -0.15) is 0 Å². The zero-order valence-electron chi connectivity index (χ0n) is 1.53. The zero-order chi connectivity index (χ0) is 0. The summed E-state index contributed by atoms with van der Waals surface area (Å²) in [5.74, 6) is 0. The molecule has 0 fully saturated rings. The van der Waals surface area contributed by atoms with Gasteiger partial charge in [-0.25, -0.2) is 0 Å². The van der Waals surface area contributed by atoms with Crippen molar-refractivity contribution in [1.82, 2.24) is 0 Å². The van der Waals surface area contributed by atoms with Crippen LogP contribution in [0.2, 0.25) is 0 Å². The maximum atomic E-state index is 0. The molecule has 0 nitrogen and oxygen atoms in total. The van der Waals surface area contributed by atoms with Crippen molar-refractivity contribution < 1.29 is 17.1 Å². The van der Waals surface area contributed by atoms with Crippen LogP contribution in [0.4, 0.5) is 0 Å². The molecule has 0 aromatic rings. The first kappa shape index (κ1) is 38.2. The molecule has 0 aliphatic heterocycles. The van der Waals surface area contributed by atoms with E-state index < -0.39 is 0 Å². The molecule has 0 unspecified atom stereocenters. The second-order valence-corrected chi connectivity index (χ2v) is 0. The maximum absolute atomic E-state index is 0. The third-order valence-electron chi connectivity index (χ3n) is 0. The second kappa shape index (κ2) is 20.3. The number of hydrogen-bond donors (Lipinski definition) is 0. The largest absolute Gasteiger partial charge is 0.114 e. The van der Waals surface area contributed by atoms with Gasteiger partial charge in [0, 0.05) is 17.1 Å². The Labute approximate surface area is 67.5 Å². The molecule has 0 saturated carbocycles. The maximum Gasteiger partial charge on any atom is 0 e. The summed E-state index contributed by atoms with van der Waals surface area (Å²) in [6, 6.07) is 0. The van der Waals surface area contributed by atoms with E-state index in [2.05, 4.69) is 0 Å². The molecule has 0 spiro atoms. The average Bonchev–Trinajstić information content (AvgIpc) is 0. The van der Waals surface area contributed by atoms with Gasteiger partial charge in [-0.3, -0.25) is 0 Å². The van der Waals surface area contributed by atoms with Gasteiger partial charge in [-0.15, -0.1) is 50.9 Å². The van der Waals surface area contributed by atoms with Crippen molar-refractivity contribution in [2.75, 3.05) is 0 Å². The van der Waals surface area contributed by atoms with E-state index in [1.54, 1.807) is 0 Å². The molecule has 0 amide bonds. The summed E-state index contributed by atoms with van der Waals surface area (Å²) in [5.41, 5.74) is 0. The van der Waals surface area contributed by atoms with Gasteiger partial charge in [0.1, 0.15) is 0 Å². The van der Waals surface area contributed by atoms with Crippen molar-refractivity contribution in [2.24, 2.45) is 0 Å². The van der Waals surface area contributed by atoms with E-state index in [0.29, 0.717) is 0 Å². The Morgan fingerprint density at radius 3 is 0.500 bits per heavy atom. The fourth-order valence-corrected chi connectivity index (χ4v) is 0. The average molecular weight is 306 g/mol. The van der Waals surface area contributed by atoms with Crippen LogP contribution in [0.3, 0.4) is 0 Å². The van der Waals surface area contributed by atoms with Gasteiger partial charge in [0.25, 0.3) is 0 Å². The molecule has 0 N–H and O–H groups in total. The summed E-state index contributed by atoms with van der Waals surface area (Å²) in [4.78, 5) is 0. The fourth-order valence-electron chi connectivity index (χ4n) is 0. The standard InChI is InChI=1S/3BrH.Cu/h3*1H;. The summed E-state index contributed by atoms with van der Waals surface area (Å²) < 4.78 is 0. The SMILES string of the molecule is Br.Br.Br.[Cu]. The minimum absolute atomic E-state index is 0. The molecule has 0 heterocycles. The van der Waals surface area contributed by atoms with Crippen molar-refractivity contribution in [1.29, 1.82) is 0 Å². The predicted molar refractivity (Wildman–Crippen MR) is 31.0 cm³/mol. The van der Waals surface area contributed by atoms with Crippen LogP contribution in [-0.2, 0) is 17.1 Å². The van der Waals surface area contributed by atoms with Crippen molar-refractivity contribution in [3.63, 3.8) is 0 Å². The van der Waals surface area contributed by atoms with Crippen LogP contribution in [-0.4, -0.2) is 0 Å². The minimum atomic E-state index is 0. The monoisotopic (exact) mass is 303 g/mol. The summed E-state index contributed by atoms with van der Waals surface area (Å²) in [7, 11) is 0. The molecule has 0 aliphatic rings. The fraction of sp³-hybridized carbons (Fsp3) is 0.